The molecule has 1 fully saturated rings. The number of nitrogens with one attached hydrogen (secondary N) is 4. The van der Waals surface area contributed by atoms with Gasteiger partial charge >= 0.3 is 12.1 Å². The van der Waals surface area contributed by atoms with Gasteiger partial charge in [0.2, 0.25) is 29.5 Å². The van der Waals surface area contributed by atoms with Crippen molar-refractivity contribution in [3.63, 3.8) is 0 Å². The van der Waals surface area contributed by atoms with Crippen LogP contribution in [0.5, 0.6) is 0 Å². The number of nitrogens with zero attached hydrogens (tertiary/aromatic N) is 1. The summed E-state index contributed by atoms with van der Waals surface area (Å²) in [7, 11) is 1.40. The minimum atomic E-state index is -4.33. The molecule has 0 aliphatic carbocycles. The molecule has 14 nitrogen and oxygen atoms in total. The van der Waals surface area contributed by atoms with E-state index >= 15 is 0 Å². The van der Waals surface area contributed by atoms with E-state index in [1.54, 1.807) is 13.8 Å². The number of amides is 5. The Balaban J connectivity index is 3.58. The molecule has 17 heteroatoms. The summed E-state index contributed by atoms with van der Waals surface area (Å²) in [6, 6.07) is -5.17. The lowest BCUT2D eigenvalue weighted by Gasteiger charge is -2.34. The lowest BCUT2D eigenvalue weighted by molar-refractivity contribution is -0.157. The van der Waals surface area contributed by atoms with Gasteiger partial charge in [-0.15, -0.1) is 0 Å². The van der Waals surface area contributed by atoms with Gasteiger partial charge in [0.1, 0.15) is 36.8 Å². The number of hydrogen-bond donors (Lipinski definition) is 6. The molecule has 0 unspecified atom stereocenters. The van der Waals surface area contributed by atoms with Crippen LogP contribution in [0.25, 0.3) is 0 Å². The van der Waals surface area contributed by atoms with Gasteiger partial charge in [-0.25, -0.2) is 0 Å². The Bertz CT molecular complexity index is 1140. The molecule has 0 bridgehead atoms. The topological polar surface area (TPSA) is 209 Å². The van der Waals surface area contributed by atoms with Crippen LogP contribution in [0.2, 0.25) is 0 Å². The van der Waals surface area contributed by atoms with E-state index in [1.165, 1.54) is 25.8 Å². The molecule has 0 radical (unpaired) electrons. The first-order chi connectivity index (χ1) is 22.7. The molecule has 1 saturated heterocycles. The number of halogens is 3. The Morgan fingerprint density at radius 1 is 0.918 bits per heavy atom. The first-order valence-corrected chi connectivity index (χ1v) is 16.8. The van der Waals surface area contributed by atoms with Crippen molar-refractivity contribution in [1.29, 1.82) is 0 Å². The highest BCUT2D eigenvalue weighted by molar-refractivity contribution is 5.96. The maximum Gasteiger partial charge on any atom is 0.389 e. The molecule has 5 amide bonds. The first kappa shape index (κ1) is 43.6. The average molecular weight is 709 g/mol. The van der Waals surface area contributed by atoms with E-state index in [4.69, 9.17) is 10.5 Å². The summed E-state index contributed by atoms with van der Waals surface area (Å²) in [5.74, 6) is -6.40. The van der Waals surface area contributed by atoms with Crippen LogP contribution in [-0.4, -0.2) is 108 Å². The van der Waals surface area contributed by atoms with E-state index in [0.29, 0.717) is 6.42 Å². The van der Waals surface area contributed by atoms with Gasteiger partial charge < -0.3 is 41.7 Å². The Morgan fingerprint density at radius 2 is 1.53 bits per heavy atom. The lowest BCUT2D eigenvalue weighted by Crippen LogP contribution is -2.62. The fourth-order valence-corrected chi connectivity index (χ4v) is 5.36. The van der Waals surface area contributed by atoms with Crippen molar-refractivity contribution >= 4 is 35.5 Å². The van der Waals surface area contributed by atoms with Crippen LogP contribution in [0.3, 0.4) is 0 Å². The smallest absolute Gasteiger partial charge is 0.389 e. The third kappa shape index (κ3) is 14.5. The molecular weight excluding hydrogens is 653 g/mol. The highest BCUT2D eigenvalue weighted by Crippen LogP contribution is 2.25. The van der Waals surface area contributed by atoms with E-state index in [9.17, 15) is 47.0 Å². The molecule has 0 spiro atoms. The predicted octanol–water partition coefficient (Wildman–Crippen LogP) is 0.890. The summed E-state index contributed by atoms with van der Waals surface area (Å²) in [5.41, 5.74) is 5.77. The summed E-state index contributed by atoms with van der Waals surface area (Å²) < 4.78 is 43.6. The predicted molar refractivity (Wildman–Crippen MR) is 173 cm³/mol. The van der Waals surface area contributed by atoms with E-state index in [-0.39, 0.29) is 38.0 Å². The molecule has 1 aliphatic heterocycles. The average Bonchev–Trinajstić information content (AvgIpc) is 3.02. The van der Waals surface area contributed by atoms with Crippen molar-refractivity contribution in [2.45, 2.75) is 129 Å². The molecule has 49 heavy (non-hydrogen) atoms. The van der Waals surface area contributed by atoms with Crippen LogP contribution in [-0.2, 0) is 33.5 Å². The third-order valence-corrected chi connectivity index (χ3v) is 8.62. The number of esters is 1. The molecule has 282 valence electrons. The maximum absolute atomic E-state index is 13.9. The highest BCUT2D eigenvalue weighted by Gasteiger charge is 2.38. The van der Waals surface area contributed by atoms with Gasteiger partial charge in [-0.2, -0.15) is 13.2 Å². The Kier molecular flexibility index (Phi) is 18.0. The van der Waals surface area contributed by atoms with Gasteiger partial charge in [-0.05, 0) is 44.4 Å². The maximum atomic E-state index is 13.9. The van der Waals surface area contributed by atoms with Crippen LogP contribution >= 0.6 is 0 Å². The largest absolute Gasteiger partial charge is 0.460 e. The first-order valence-electron chi connectivity index (χ1n) is 16.8. The van der Waals surface area contributed by atoms with E-state index in [1.807, 2.05) is 13.8 Å². The van der Waals surface area contributed by atoms with Crippen LogP contribution in [0.4, 0.5) is 13.2 Å². The summed E-state index contributed by atoms with van der Waals surface area (Å²) >= 11 is 0. The third-order valence-electron chi connectivity index (χ3n) is 8.62. The number of aliphatic hydroxyl groups is 1. The van der Waals surface area contributed by atoms with Gasteiger partial charge in [0.25, 0.3) is 0 Å². The highest BCUT2D eigenvalue weighted by atomic mass is 19.4. The summed E-state index contributed by atoms with van der Waals surface area (Å²) in [5, 5.41) is 20.1. The molecule has 0 aromatic heterocycles. The van der Waals surface area contributed by atoms with Crippen LogP contribution in [0.15, 0.2) is 0 Å². The van der Waals surface area contributed by atoms with E-state index < -0.39 is 109 Å². The summed E-state index contributed by atoms with van der Waals surface area (Å²) in [4.78, 5) is 81.3. The number of carbonyl (C=O) groups excluding carboxylic acids is 6. The minimum Gasteiger partial charge on any atom is -0.460 e. The molecule has 1 aliphatic rings. The molecular formula is C32H55F3N6O8. The number of nitrogens with two attached hydrogens (primary N) is 1. The number of alkyl halides is 3. The van der Waals surface area contributed by atoms with E-state index in [2.05, 4.69) is 21.3 Å². The quantitative estimate of drug-likeness (QED) is 0.133. The van der Waals surface area contributed by atoms with Crippen molar-refractivity contribution in [2.75, 3.05) is 20.1 Å². The fourth-order valence-electron chi connectivity index (χ4n) is 5.36. The Labute approximate surface area is 286 Å². The second-order valence-electron chi connectivity index (χ2n) is 13.2. The monoisotopic (exact) mass is 708 g/mol. The fraction of sp³-hybridized carbons (Fsp3) is 0.812. The number of cyclic esters (lactones) is 1. The van der Waals surface area contributed by atoms with Crippen LogP contribution in [0.1, 0.15) is 86.5 Å². The lowest BCUT2D eigenvalue weighted by atomic mass is 9.94. The second-order valence-corrected chi connectivity index (χ2v) is 13.2. The van der Waals surface area contributed by atoms with Crippen molar-refractivity contribution in [3.8, 4) is 0 Å². The SMILES string of the molecule is CC[C@@H](C)[C@@H]1NC(=O)[C@H](CC(C)C)N(C)C(=O)[C@H](C)[C@@H](CCCCCC(F)(F)F)OC(=O)CNC(=O)[C@H]([C@H](C)O)NC(=O)[C@H](CN)NC1=O. The number of carbonyl (C=O) groups is 6. The van der Waals surface area contributed by atoms with Crippen molar-refractivity contribution in [3.05, 3.63) is 0 Å². The number of likely N-dealkylation sites (N-methyl/N-ethyl adjacent to an activating group) is 1. The van der Waals surface area contributed by atoms with Gasteiger partial charge in [0.05, 0.1) is 12.0 Å². The van der Waals surface area contributed by atoms with E-state index in [0.717, 1.165) is 0 Å². The van der Waals surface area contributed by atoms with Crippen molar-refractivity contribution in [2.24, 2.45) is 23.5 Å². The minimum absolute atomic E-state index is 0.0163. The van der Waals surface area contributed by atoms with Crippen molar-refractivity contribution in [1.82, 2.24) is 26.2 Å². The molecule has 1 rings (SSSR count). The molecule has 1 heterocycles. The zero-order valence-corrected chi connectivity index (χ0v) is 29.5. The summed E-state index contributed by atoms with van der Waals surface area (Å²) in [6.07, 6.45) is -7.10. The molecule has 0 aromatic carbocycles. The standard InChI is InChI=1S/C32H55F3N6O8/c1-8-18(4)25-30(47)38-21(15-36)27(44)40-26(20(6)42)29(46)37-16-24(43)49-23(12-10-9-11-13-32(33,34)35)19(5)31(48)41(7)22(14-17(2)3)28(45)39-25/h17-23,25-26,42H,8-16,36H2,1-7H3,(H,37,46)(H,38,47)(H,39,45)(H,40,44)/t18-,19-,20+,21+,22+,23-,25+,26+/m1/s1. The van der Waals surface area contributed by atoms with Gasteiger partial charge in [0.15, 0.2) is 0 Å². The van der Waals surface area contributed by atoms with Gasteiger partial charge in [0, 0.05) is 20.0 Å². The molecule has 7 N–H and O–H groups in total. The summed E-state index contributed by atoms with van der Waals surface area (Å²) in [6.45, 7) is 8.75. The van der Waals surface area contributed by atoms with Gasteiger partial charge in [-0.1, -0.05) is 47.5 Å². The second kappa shape index (κ2) is 20.3. The zero-order valence-electron chi connectivity index (χ0n) is 29.5. The zero-order chi connectivity index (χ0) is 37.6. The van der Waals surface area contributed by atoms with Crippen LogP contribution < -0.4 is 27.0 Å². The van der Waals surface area contributed by atoms with Crippen LogP contribution in [0, 0.1) is 17.8 Å². The number of aliphatic hydroxyl groups excluding tert-OH is 1. The molecule has 0 saturated carbocycles. The number of rotatable bonds is 11. The molecule has 0 aromatic rings. The Hall–Kier alpha value is -3.47. The van der Waals surface area contributed by atoms with Crippen molar-refractivity contribution < 1.29 is 51.8 Å². The number of hydrogen-bond acceptors (Lipinski definition) is 9. The van der Waals surface area contributed by atoms with Gasteiger partial charge in [-0.3, -0.25) is 28.8 Å². The normalized spacial score (nSPS) is 27.2. The number of unbranched alkanes of at least 4 members (excludes halogenated alkanes) is 2. The number of ether oxygens (including phenoxy) is 1. The molecule has 8 atom stereocenters. The Morgan fingerprint density at radius 3 is 2.06 bits per heavy atom.